The fourth-order valence-corrected chi connectivity index (χ4v) is 3.83. The van der Waals surface area contributed by atoms with Gasteiger partial charge in [-0.05, 0) is 44.7 Å². The van der Waals surface area contributed by atoms with Crippen LogP contribution in [-0.4, -0.2) is 55.8 Å². The molecule has 0 saturated carbocycles. The number of benzene rings is 1. The van der Waals surface area contributed by atoms with Crippen LogP contribution in [0.1, 0.15) is 38.2 Å². The van der Waals surface area contributed by atoms with E-state index in [9.17, 15) is 0 Å². The van der Waals surface area contributed by atoms with Crippen LogP contribution in [0.2, 0.25) is 0 Å². The lowest BCUT2D eigenvalue weighted by Gasteiger charge is -2.27. The summed E-state index contributed by atoms with van der Waals surface area (Å²) in [5, 5.41) is 6.95. The zero-order valence-corrected chi connectivity index (χ0v) is 15.6. The molecule has 2 aliphatic rings. The highest BCUT2D eigenvalue weighted by atomic mass is 16.5. The van der Waals surface area contributed by atoms with E-state index in [4.69, 9.17) is 4.74 Å². The number of ether oxygens (including phenoxy) is 1. The molecule has 5 heteroatoms. The maximum Gasteiger partial charge on any atom is 0.191 e. The number of likely N-dealkylation sites (tertiary alicyclic amines) is 1. The third-order valence-electron chi connectivity index (χ3n) is 5.39. The maximum atomic E-state index is 5.84. The monoisotopic (exact) mass is 344 g/mol. The normalized spacial score (nSPS) is 27.6. The van der Waals surface area contributed by atoms with Crippen molar-refractivity contribution in [2.75, 3.05) is 33.3 Å². The lowest BCUT2D eigenvalue weighted by Crippen LogP contribution is -2.48. The second kappa shape index (κ2) is 8.68. The van der Waals surface area contributed by atoms with Crippen LogP contribution in [0.4, 0.5) is 0 Å². The molecule has 2 heterocycles. The van der Waals surface area contributed by atoms with Crippen molar-refractivity contribution < 1.29 is 4.74 Å². The van der Waals surface area contributed by atoms with Crippen molar-refractivity contribution in [3.63, 3.8) is 0 Å². The molecule has 0 spiro atoms. The highest BCUT2D eigenvalue weighted by Gasteiger charge is 2.30. The molecule has 0 aliphatic carbocycles. The number of hydrogen-bond acceptors (Lipinski definition) is 3. The molecule has 25 heavy (non-hydrogen) atoms. The summed E-state index contributed by atoms with van der Waals surface area (Å²) in [5.41, 5.74) is 1.34. The van der Waals surface area contributed by atoms with Gasteiger partial charge in [-0.15, -0.1) is 0 Å². The zero-order chi connectivity index (χ0) is 17.5. The van der Waals surface area contributed by atoms with Crippen LogP contribution in [0.5, 0.6) is 0 Å². The molecule has 2 unspecified atom stereocenters. The Morgan fingerprint density at radius 1 is 1.28 bits per heavy atom. The van der Waals surface area contributed by atoms with Crippen molar-refractivity contribution in [3.8, 4) is 0 Å². The average Bonchev–Trinajstić information content (AvgIpc) is 3.26. The first kappa shape index (κ1) is 18.2. The van der Waals surface area contributed by atoms with Crippen molar-refractivity contribution in [2.24, 2.45) is 4.99 Å². The number of nitrogens with zero attached hydrogens (tertiary/aromatic N) is 2. The van der Waals surface area contributed by atoms with Crippen LogP contribution in [0.15, 0.2) is 35.3 Å². The van der Waals surface area contributed by atoms with Crippen molar-refractivity contribution >= 4 is 5.96 Å². The van der Waals surface area contributed by atoms with Crippen LogP contribution in [0, 0.1) is 0 Å². The first-order valence-electron chi connectivity index (χ1n) is 9.55. The molecule has 2 N–H and O–H groups in total. The number of rotatable bonds is 6. The summed E-state index contributed by atoms with van der Waals surface area (Å²) in [5.74, 6) is 0.878. The molecule has 5 nitrogen and oxygen atoms in total. The number of aliphatic imine (C=N–C) groups is 1. The van der Waals surface area contributed by atoms with Crippen molar-refractivity contribution in [3.05, 3.63) is 35.9 Å². The molecule has 2 aliphatic heterocycles. The summed E-state index contributed by atoms with van der Waals surface area (Å²) < 4.78 is 5.84. The minimum absolute atomic E-state index is 0.0513. The van der Waals surface area contributed by atoms with Gasteiger partial charge in [-0.25, -0.2) is 0 Å². The Labute approximate surface area is 151 Å². The second-order valence-corrected chi connectivity index (χ2v) is 7.46. The zero-order valence-electron chi connectivity index (χ0n) is 15.6. The highest BCUT2D eigenvalue weighted by molar-refractivity contribution is 5.79. The van der Waals surface area contributed by atoms with Gasteiger partial charge in [-0.3, -0.25) is 9.89 Å². The summed E-state index contributed by atoms with van der Waals surface area (Å²) in [6.45, 7) is 7.01. The van der Waals surface area contributed by atoms with Gasteiger partial charge in [-0.2, -0.15) is 0 Å². The Morgan fingerprint density at radius 3 is 2.84 bits per heavy atom. The van der Waals surface area contributed by atoms with Crippen LogP contribution in [0.3, 0.4) is 0 Å². The van der Waals surface area contributed by atoms with Gasteiger partial charge >= 0.3 is 0 Å². The van der Waals surface area contributed by atoms with Gasteiger partial charge in [0, 0.05) is 39.3 Å². The molecule has 0 amide bonds. The lowest BCUT2D eigenvalue weighted by atomic mass is 10.0. The van der Waals surface area contributed by atoms with E-state index >= 15 is 0 Å². The van der Waals surface area contributed by atoms with Crippen LogP contribution < -0.4 is 10.6 Å². The first-order chi connectivity index (χ1) is 12.2. The van der Waals surface area contributed by atoms with Gasteiger partial charge in [0.15, 0.2) is 5.96 Å². The molecule has 2 fully saturated rings. The average molecular weight is 345 g/mol. The number of nitrogens with one attached hydrogen (secondary N) is 2. The molecular weight excluding hydrogens is 312 g/mol. The van der Waals surface area contributed by atoms with E-state index in [1.807, 2.05) is 7.05 Å². The van der Waals surface area contributed by atoms with Gasteiger partial charge in [0.25, 0.3) is 0 Å². The molecular formula is C20H32N4O. The van der Waals surface area contributed by atoms with E-state index in [1.165, 1.54) is 24.9 Å². The summed E-state index contributed by atoms with van der Waals surface area (Å²) >= 11 is 0. The first-order valence-corrected chi connectivity index (χ1v) is 9.55. The summed E-state index contributed by atoms with van der Waals surface area (Å²) in [6, 6.07) is 11.3. The van der Waals surface area contributed by atoms with E-state index in [2.05, 4.69) is 57.8 Å². The van der Waals surface area contributed by atoms with E-state index in [0.717, 1.165) is 45.0 Å². The molecule has 2 atom stereocenters. The van der Waals surface area contributed by atoms with Crippen molar-refractivity contribution in [1.29, 1.82) is 0 Å². The molecule has 3 rings (SSSR count). The molecule has 138 valence electrons. The Morgan fingerprint density at radius 2 is 2.12 bits per heavy atom. The minimum atomic E-state index is -0.0513. The lowest BCUT2D eigenvalue weighted by molar-refractivity contribution is 0.0242. The molecule has 1 aromatic rings. The fraction of sp³-hybridized carbons (Fsp3) is 0.650. The largest absolute Gasteiger partial charge is 0.373 e. The van der Waals surface area contributed by atoms with Gasteiger partial charge in [0.2, 0.25) is 0 Å². The number of guanidine groups is 1. The topological polar surface area (TPSA) is 48.9 Å². The molecule has 0 radical (unpaired) electrons. The summed E-state index contributed by atoms with van der Waals surface area (Å²) in [4.78, 5) is 6.95. The van der Waals surface area contributed by atoms with E-state index in [0.29, 0.717) is 6.04 Å². The standard InChI is InChI=1S/C20H32N4O/c1-20(11-7-13-25-20)16-23-19(21-2)22-14-18-10-6-12-24(18)15-17-8-4-3-5-9-17/h3-5,8-9,18H,6-7,10-16H2,1-2H3,(H2,21,22,23). The third-order valence-corrected chi connectivity index (χ3v) is 5.39. The second-order valence-electron chi connectivity index (χ2n) is 7.46. The predicted octanol–water partition coefficient (Wildman–Crippen LogP) is 2.39. The molecule has 1 aromatic carbocycles. The highest BCUT2D eigenvalue weighted by Crippen LogP contribution is 2.24. The summed E-state index contributed by atoms with van der Waals surface area (Å²) in [7, 11) is 1.84. The Kier molecular flexibility index (Phi) is 6.32. The Hall–Kier alpha value is -1.59. The van der Waals surface area contributed by atoms with Crippen LogP contribution in [0.25, 0.3) is 0 Å². The Bertz CT molecular complexity index is 554. The van der Waals surface area contributed by atoms with E-state index in [-0.39, 0.29) is 5.60 Å². The van der Waals surface area contributed by atoms with Gasteiger partial charge in [0.1, 0.15) is 0 Å². The van der Waals surface area contributed by atoms with Crippen LogP contribution >= 0.6 is 0 Å². The van der Waals surface area contributed by atoms with Crippen molar-refractivity contribution in [2.45, 2.75) is 50.8 Å². The van der Waals surface area contributed by atoms with Crippen LogP contribution in [-0.2, 0) is 11.3 Å². The predicted molar refractivity (Wildman–Crippen MR) is 103 cm³/mol. The third kappa shape index (κ3) is 5.19. The van der Waals surface area contributed by atoms with Gasteiger partial charge < -0.3 is 15.4 Å². The van der Waals surface area contributed by atoms with E-state index < -0.39 is 0 Å². The smallest absolute Gasteiger partial charge is 0.191 e. The molecule has 0 bridgehead atoms. The fourth-order valence-electron chi connectivity index (χ4n) is 3.83. The Balaban J connectivity index is 1.45. The molecule has 2 saturated heterocycles. The molecule has 0 aromatic heterocycles. The summed E-state index contributed by atoms with van der Waals surface area (Å²) in [6.07, 6.45) is 4.79. The minimum Gasteiger partial charge on any atom is -0.373 e. The maximum absolute atomic E-state index is 5.84. The quantitative estimate of drug-likeness (QED) is 0.614. The van der Waals surface area contributed by atoms with Crippen molar-refractivity contribution in [1.82, 2.24) is 15.5 Å². The van der Waals surface area contributed by atoms with E-state index in [1.54, 1.807) is 0 Å². The SMILES string of the molecule is CN=C(NCC1CCCN1Cc1ccccc1)NCC1(C)CCCO1. The van der Waals surface area contributed by atoms with Gasteiger partial charge in [-0.1, -0.05) is 30.3 Å². The van der Waals surface area contributed by atoms with Gasteiger partial charge in [0.05, 0.1) is 5.60 Å². The number of hydrogen-bond donors (Lipinski definition) is 2.